The zero-order valence-corrected chi connectivity index (χ0v) is 19.5. The summed E-state index contributed by atoms with van der Waals surface area (Å²) in [5, 5.41) is 5.03. The maximum Gasteiger partial charge on any atom is 0.241 e. The molecule has 4 rings (SSSR count). The van der Waals surface area contributed by atoms with Crippen molar-refractivity contribution in [3.05, 3.63) is 40.6 Å². The summed E-state index contributed by atoms with van der Waals surface area (Å²) in [6, 6.07) is 9.88. The Labute approximate surface area is 193 Å². The van der Waals surface area contributed by atoms with Crippen LogP contribution in [0.5, 0.6) is 11.5 Å². The fourth-order valence-corrected chi connectivity index (χ4v) is 4.81. The predicted molar refractivity (Wildman–Crippen MR) is 125 cm³/mol. The van der Waals surface area contributed by atoms with Gasteiger partial charge in [0.15, 0.2) is 11.5 Å². The third-order valence-electron chi connectivity index (χ3n) is 5.78. The van der Waals surface area contributed by atoms with E-state index in [-0.39, 0.29) is 23.8 Å². The molecule has 0 atom stereocenters. The van der Waals surface area contributed by atoms with Crippen LogP contribution in [0.25, 0.3) is 0 Å². The van der Waals surface area contributed by atoms with Gasteiger partial charge in [-0.15, -0.1) is 11.3 Å². The summed E-state index contributed by atoms with van der Waals surface area (Å²) in [5.74, 6) is 1.59. The van der Waals surface area contributed by atoms with E-state index in [0.29, 0.717) is 37.8 Å². The van der Waals surface area contributed by atoms with Crippen molar-refractivity contribution < 1.29 is 19.1 Å². The number of nitrogens with one attached hydrogen (secondary N) is 1. The van der Waals surface area contributed by atoms with Gasteiger partial charge in [-0.3, -0.25) is 14.5 Å². The van der Waals surface area contributed by atoms with Crippen molar-refractivity contribution in [3.63, 3.8) is 0 Å². The highest BCUT2D eigenvalue weighted by Crippen LogP contribution is 2.35. The molecule has 0 bridgehead atoms. The van der Waals surface area contributed by atoms with Crippen molar-refractivity contribution in [1.82, 2.24) is 10.2 Å². The first-order valence-corrected chi connectivity index (χ1v) is 12.1. The van der Waals surface area contributed by atoms with E-state index in [1.54, 1.807) is 11.3 Å². The maximum atomic E-state index is 13.4. The molecule has 2 aromatic rings. The molecule has 0 aliphatic carbocycles. The highest BCUT2D eigenvalue weighted by atomic mass is 32.1. The number of hydrogen-bond donors (Lipinski definition) is 1. The minimum absolute atomic E-state index is 0.0313. The summed E-state index contributed by atoms with van der Waals surface area (Å²) < 4.78 is 11.4. The number of piperidine rings is 1. The zero-order valence-electron chi connectivity index (χ0n) is 18.7. The second-order valence-electron chi connectivity index (χ2n) is 8.60. The molecule has 0 saturated carbocycles. The van der Waals surface area contributed by atoms with Gasteiger partial charge in [0.1, 0.15) is 13.2 Å². The lowest BCUT2D eigenvalue weighted by molar-refractivity contribution is -0.127. The molecule has 172 valence electrons. The van der Waals surface area contributed by atoms with Gasteiger partial charge in [0.2, 0.25) is 11.8 Å². The van der Waals surface area contributed by atoms with Gasteiger partial charge in [0, 0.05) is 28.6 Å². The van der Waals surface area contributed by atoms with Gasteiger partial charge in [-0.05, 0) is 63.4 Å². The summed E-state index contributed by atoms with van der Waals surface area (Å²) in [7, 11) is 0. The van der Waals surface area contributed by atoms with Crippen LogP contribution in [0, 0.1) is 5.92 Å². The number of hydrogen-bond acceptors (Lipinski definition) is 6. The Kier molecular flexibility index (Phi) is 7.32. The second kappa shape index (κ2) is 10.4. The van der Waals surface area contributed by atoms with E-state index in [1.807, 2.05) is 54.5 Å². The van der Waals surface area contributed by atoms with E-state index in [2.05, 4.69) is 10.2 Å². The standard InChI is InChI=1S/C24H31N3O4S/c1-17(2)25-24(29)18-7-9-26(10-8-18)16-23(28)27(15-20-4-3-13-32-20)19-5-6-21-22(14-19)31-12-11-30-21/h3-6,13-14,17-18H,7-12,15-16H2,1-2H3,(H,25,29). The molecule has 3 heterocycles. The molecule has 1 aromatic heterocycles. The molecule has 32 heavy (non-hydrogen) atoms. The minimum Gasteiger partial charge on any atom is -0.486 e. The van der Waals surface area contributed by atoms with Crippen LogP contribution < -0.4 is 19.7 Å². The van der Waals surface area contributed by atoms with Crippen molar-refractivity contribution in [2.24, 2.45) is 5.92 Å². The van der Waals surface area contributed by atoms with Gasteiger partial charge in [-0.25, -0.2) is 0 Å². The Morgan fingerprint density at radius 1 is 1.16 bits per heavy atom. The molecule has 1 saturated heterocycles. The molecule has 2 aliphatic heterocycles. The summed E-state index contributed by atoms with van der Waals surface area (Å²) in [6.45, 7) is 7.34. The molecule has 8 heteroatoms. The first-order chi connectivity index (χ1) is 15.5. The van der Waals surface area contributed by atoms with Crippen LogP contribution in [-0.2, 0) is 16.1 Å². The molecule has 2 aliphatic rings. The average Bonchev–Trinajstić information content (AvgIpc) is 3.30. The SMILES string of the molecule is CC(C)NC(=O)C1CCN(CC(=O)N(Cc2cccs2)c2ccc3c(c2)OCCO3)CC1. The monoisotopic (exact) mass is 457 g/mol. The molecule has 7 nitrogen and oxygen atoms in total. The lowest BCUT2D eigenvalue weighted by atomic mass is 9.95. The molecule has 1 aromatic carbocycles. The number of benzene rings is 1. The van der Waals surface area contributed by atoms with E-state index >= 15 is 0 Å². The number of amides is 2. The van der Waals surface area contributed by atoms with Gasteiger partial charge in [0.25, 0.3) is 0 Å². The average molecular weight is 458 g/mol. The molecular formula is C24H31N3O4S. The topological polar surface area (TPSA) is 71.1 Å². The lowest BCUT2D eigenvalue weighted by Gasteiger charge is -2.33. The summed E-state index contributed by atoms with van der Waals surface area (Å²) in [4.78, 5) is 30.8. The van der Waals surface area contributed by atoms with Gasteiger partial charge in [0.05, 0.1) is 13.1 Å². The minimum atomic E-state index is 0.0313. The highest BCUT2D eigenvalue weighted by Gasteiger charge is 2.28. The van der Waals surface area contributed by atoms with Gasteiger partial charge < -0.3 is 19.7 Å². The Balaban J connectivity index is 1.43. The zero-order chi connectivity index (χ0) is 22.5. The Morgan fingerprint density at radius 2 is 1.91 bits per heavy atom. The first kappa shape index (κ1) is 22.6. The van der Waals surface area contributed by atoms with E-state index in [1.165, 1.54) is 0 Å². The predicted octanol–water partition coefficient (Wildman–Crippen LogP) is 3.29. The second-order valence-corrected chi connectivity index (χ2v) is 9.63. The normalized spacial score (nSPS) is 16.7. The number of fused-ring (bicyclic) bond motifs is 1. The van der Waals surface area contributed by atoms with Gasteiger partial charge >= 0.3 is 0 Å². The van der Waals surface area contributed by atoms with Crippen LogP contribution in [-0.4, -0.2) is 55.6 Å². The molecule has 0 radical (unpaired) electrons. The molecule has 0 spiro atoms. The Hall–Kier alpha value is -2.58. The summed E-state index contributed by atoms with van der Waals surface area (Å²) in [6.07, 6.45) is 1.56. The Morgan fingerprint density at radius 3 is 2.59 bits per heavy atom. The van der Waals surface area contributed by atoms with Crippen molar-refractivity contribution >= 4 is 28.8 Å². The number of ether oxygens (including phenoxy) is 2. The van der Waals surface area contributed by atoms with Crippen LogP contribution in [0.2, 0.25) is 0 Å². The number of carbonyl (C=O) groups is 2. The van der Waals surface area contributed by atoms with Crippen LogP contribution in [0.15, 0.2) is 35.7 Å². The maximum absolute atomic E-state index is 13.4. The van der Waals surface area contributed by atoms with Gasteiger partial charge in [-0.1, -0.05) is 6.07 Å². The van der Waals surface area contributed by atoms with Crippen LogP contribution in [0.1, 0.15) is 31.6 Å². The number of thiophene rings is 1. The van der Waals surface area contributed by atoms with E-state index in [0.717, 1.165) is 36.5 Å². The molecular weight excluding hydrogens is 426 g/mol. The highest BCUT2D eigenvalue weighted by molar-refractivity contribution is 7.09. The fourth-order valence-electron chi connectivity index (χ4n) is 4.11. The van der Waals surface area contributed by atoms with Crippen LogP contribution in [0.4, 0.5) is 5.69 Å². The van der Waals surface area contributed by atoms with Crippen molar-refractivity contribution in [2.75, 3.05) is 37.7 Å². The largest absolute Gasteiger partial charge is 0.486 e. The van der Waals surface area contributed by atoms with Crippen molar-refractivity contribution in [2.45, 2.75) is 39.3 Å². The van der Waals surface area contributed by atoms with Crippen molar-refractivity contribution in [3.8, 4) is 11.5 Å². The number of likely N-dealkylation sites (tertiary alicyclic amines) is 1. The smallest absolute Gasteiger partial charge is 0.241 e. The summed E-state index contributed by atoms with van der Waals surface area (Å²) in [5.41, 5.74) is 0.804. The Bertz CT molecular complexity index is 923. The van der Waals surface area contributed by atoms with E-state index in [4.69, 9.17) is 9.47 Å². The van der Waals surface area contributed by atoms with E-state index in [9.17, 15) is 9.59 Å². The number of nitrogens with zero attached hydrogens (tertiary/aromatic N) is 2. The fraction of sp³-hybridized carbons (Fsp3) is 0.500. The third kappa shape index (κ3) is 5.61. The lowest BCUT2D eigenvalue weighted by Crippen LogP contribution is -2.46. The van der Waals surface area contributed by atoms with Gasteiger partial charge in [-0.2, -0.15) is 0 Å². The number of carbonyl (C=O) groups excluding carboxylic acids is 2. The molecule has 0 unspecified atom stereocenters. The number of anilines is 1. The van der Waals surface area contributed by atoms with Crippen LogP contribution >= 0.6 is 11.3 Å². The summed E-state index contributed by atoms with van der Waals surface area (Å²) >= 11 is 1.64. The molecule has 2 amide bonds. The van der Waals surface area contributed by atoms with E-state index < -0.39 is 0 Å². The molecule has 1 fully saturated rings. The quantitative estimate of drug-likeness (QED) is 0.691. The molecule has 1 N–H and O–H groups in total. The van der Waals surface area contributed by atoms with Crippen LogP contribution in [0.3, 0.4) is 0 Å². The first-order valence-electron chi connectivity index (χ1n) is 11.2. The van der Waals surface area contributed by atoms with Crippen molar-refractivity contribution in [1.29, 1.82) is 0 Å². The third-order valence-corrected chi connectivity index (χ3v) is 6.64. The number of rotatable bonds is 7.